The van der Waals surface area contributed by atoms with Gasteiger partial charge in [-0.15, -0.1) is 0 Å². The molecule has 376 valence electrons. The highest BCUT2D eigenvalue weighted by Crippen LogP contribution is 2.18. The molecule has 0 radical (unpaired) electrons. The maximum Gasteiger partial charge on any atom is 0.220 e. The number of unbranched alkanes of at least 4 members (excludes halogenated alkanes) is 38. The minimum atomic E-state index is -0.658. The molecule has 0 rings (SSSR count). The molecule has 4 heteroatoms. The van der Waals surface area contributed by atoms with Gasteiger partial charge in [-0.2, -0.15) is 0 Å². The Kier molecular flexibility index (Phi) is 54.2. The monoisotopic (exact) mass is 896 g/mol. The summed E-state index contributed by atoms with van der Waals surface area (Å²) >= 11 is 0. The van der Waals surface area contributed by atoms with Crippen molar-refractivity contribution in [2.75, 3.05) is 6.61 Å². The molecular formula is C60H113NO3. The molecule has 0 saturated carbocycles. The normalized spacial score (nSPS) is 13.1. The number of carbonyl (C=O) groups excluding carboxylic acids is 1. The summed E-state index contributed by atoms with van der Waals surface area (Å²) in [5, 5.41) is 23.3. The van der Waals surface area contributed by atoms with Crippen molar-refractivity contribution in [3.63, 3.8) is 0 Å². The van der Waals surface area contributed by atoms with E-state index >= 15 is 0 Å². The highest BCUT2D eigenvalue weighted by molar-refractivity contribution is 5.76. The van der Waals surface area contributed by atoms with Crippen LogP contribution in [0, 0.1) is 0 Å². The third kappa shape index (κ3) is 51.3. The largest absolute Gasteiger partial charge is 0.394 e. The molecule has 0 aliphatic heterocycles. The zero-order valence-electron chi connectivity index (χ0n) is 43.3. The number of carbonyl (C=O) groups is 1. The number of amides is 1. The molecule has 64 heavy (non-hydrogen) atoms. The third-order valence-electron chi connectivity index (χ3n) is 13.4. The molecule has 0 aliphatic rings. The molecule has 0 fully saturated rings. The van der Waals surface area contributed by atoms with E-state index in [1.54, 1.807) is 0 Å². The van der Waals surface area contributed by atoms with Crippen LogP contribution in [0.15, 0.2) is 48.6 Å². The topological polar surface area (TPSA) is 69.6 Å². The third-order valence-corrected chi connectivity index (χ3v) is 13.4. The van der Waals surface area contributed by atoms with Gasteiger partial charge in [0.25, 0.3) is 0 Å². The lowest BCUT2D eigenvalue weighted by Gasteiger charge is -2.22. The molecule has 0 aromatic rings. The molecule has 0 spiro atoms. The average molecular weight is 897 g/mol. The molecule has 0 aromatic carbocycles. The Balaban J connectivity index is 3.40. The zero-order chi connectivity index (χ0) is 46.3. The molecule has 1 amide bonds. The fraction of sp³-hybridized carbons (Fsp3) is 0.850. The second kappa shape index (κ2) is 55.7. The number of hydrogen-bond acceptors (Lipinski definition) is 3. The van der Waals surface area contributed by atoms with Gasteiger partial charge in [0.05, 0.1) is 18.8 Å². The molecule has 2 unspecified atom stereocenters. The Morgan fingerprint density at radius 3 is 1.03 bits per heavy atom. The summed E-state index contributed by atoms with van der Waals surface area (Å²) in [5.41, 5.74) is 0. The van der Waals surface area contributed by atoms with Crippen LogP contribution in [0.25, 0.3) is 0 Å². The standard InChI is InChI=1S/C60H113NO3/c1-3-5-7-9-11-13-15-17-19-21-22-23-24-25-26-27-28-29-30-31-32-33-34-35-36-37-38-40-42-44-46-48-50-52-54-56-60(64)61-58(57-62)59(63)55-53-51-49-47-45-43-41-39-20-18-16-14-12-10-8-6-4-2/h5,7,11,13,17,19,22-23,58-59,62-63H,3-4,6,8-10,12,14-16,18,20-21,24-57H2,1-2H3,(H,61,64)/b7-5-,13-11-,19-17-,23-22-. The van der Waals surface area contributed by atoms with Crippen LogP contribution in [0.4, 0.5) is 0 Å². The number of rotatable bonds is 53. The second-order valence-electron chi connectivity index (χ2n) is 19.7. The molecule has 2 atom stereocenters. The first-order valence-electron chi connectivity index (χ1n) is 28.8. The van der Waals surface area contributed by atoms with E-state index in [1.807, 2.05) is 0 Å². The van der Waals surface area contributed by atoms with Crippen LogP contribution in [0.1, 0.15) is 309 Å². The lowest BCUT2D eigenvalue weighted by atomic mass is 10.0. The van der Waals surface area contributed by atoms with Crippen LogP contribution in [0.2, 0.25) is 0 Å². The average Bonchev–Trinajstić information content (AvgIpc) is 3.30. The van der Waals surface area contributed by atoms with Crippen LogP contribution >= 0.6 is 0 Å². The molecule has 0 aliphatic carbocycles. The van der Waals surface area contributed by atoms with Gasteiger partial charge in [-0.3, -0.25) is 4.79 Å². The molecule has 0 bridgehead atoms. The van der Waals surface area contributed by atoms with E-state index < -0.39 is 12.1 Å². The van der Waals surface area contributed by atoms with Crippen molar-refractivity contribution in [2.24, 2.45) is 0 Å². The smallest absolute Gasteiger partial charge is 0.220 e. The van der Waals surface area contributed by atoms with E-state index in [0.717, 1.165) is 51.4 Å². The summed E-state index contributed by atoms with van der Waals surface area (Å²) in [4.78, 5) is 12.5. The lowest BCUT2D eigenvalue weighted by Crippen LogP contribution is -2.45. The summed E-state index contributed by atoms with van der Waals surface area (Å²) in [6.07, 6.45) is 76.8. The predicted molar refractivity (Wildman–Crippen MR) is 285 cm³/mol. The van der Waals surface area contributed by atoms with Crippen LogP contribution in [0.5, 0.6) is 0 Å². The van der Waals surface area contributed by atoms with E-state index in [1.165, 1.54) is 231 Å². The number of allylic oxidation sites excluding steroid dienone is 8. The Morgan fingerprint density at radius 1 is 0.391 bits per heavy atom. The van der Waals surface area contributed by atoms with Crippen LogP contribution in [-0.4, -0.2) is 34.9 Å². The Labute approximate surface area is 401 Å². The van der Waals surface area contributed by atoms with E-state index in [2.05, 4.69) is 67.8 Å². The number of aliphatic hydroxyl groups excluding tert-OH is 2. The van der Waals surface area contributed by atoms with E-state index in [4.69, 9.17) is 0 Å². The minimum Gasteiger partial charge on any atom is -0.394 e. The van der Waals surface area contributed by atoms with Crippen molar-refractivity contribution in [1.82, 2.24) is 5.32 Å². The van der Waals surface area contributed by atoms with Crippen LogP contribution in [-0.2, 0) is 4.79 Å². The SMILES string of the molecule is CC/C=C\C/C=C\C/C=C\C/C=C\CCCCCCCCCCCCCCCCCCCCCCCCC(=O)NC(CO)C(O)CCCCCCCCCCCCCCCCCCC. The van der Waals surface area contributed by atoms with Gasteiger partial charge in [0.2, 0.25) is 5.91 Å². The summed E-state index contributed by atoms with van der Waals surface area (Å²) in [6, 6.07) is -0.535. The van der Waals surface area contributed by atoms with Crippen molar-refractivity contribution >= 4 is 5.91 Å². The molecular weight excluding hydrogens is 783 g/mol. The first kappa shape index (κ1) is 62.4. The Bertz CT molecular complexity index is 1020. The van der Waals surface area contributed by atoms with Gasteiger partial charge < -0.3 is 15.5 Å². The van der Waals surface area contributed by atoms with Gasteiger partial charge in [0, 0.05) is 6.42 Å². The molecule has 4 nitrogen and oxygen atoms in total. The molecule has 0 heterocycles. The maximum absolute atomic E-state index is 12.5. The van der Waals surface area contributed by atoms with Crippen molar-refractivity contribution in [3.05, 3.63) is 48.6 Å². The van der Waals surface area contributed by atoms with E-state index in [9.17, 15) is 15.0 Å². The van der Waals surface area contributed by atoms with Crippen molar-refractivity contribution in [2.45, 2.75) is 321 Å². The van der Waals surface area contributed by atoms with Gasteiger partial charge in [0.15, 0.2) is 0 Å². The quantitative estimate of drug-likeness (QED) is 0.0421. The van der Waals surface area contributed by atoms with Crippen molar-refractivity contribution in [3.8, 4) is 0 Å². The van der Waals surface area contributed by atoms with E-state index in [-0.39, 0.29) is 12.5 Å². The summed E-state index contributed by atoms with van der Waals surface area (Å²) < 4.78 is 0. The highest BCUT2D eigenvalue weighted by Gasteiger charge is 2.20. The Hall–Kier alpha value is -1.65. The zero-order valence-corrected chi connectivity index (χ0v) is 43.3. The summed E-state index contributed by atoms with van der Waals surface area (Å²) in [6.45, 7) is 4.27. The number of aliphatic hydroxyl groups is 2. The fourth-order valence-corrected chi connectivity index (χ4v) is 9.00. The number of nitrogens with one attached hydrogen (secondary N) is 1. The molecule has 3 N–H and O–H groups in total. The summed E-state index contributed by atoms with van der Waals surface area (Å²) in [7, 11) is 0. The first-order valence-corrected chi connectivity index (χ1v) is 28.8. The minimum absolute atomic E-state index is 0.0260. The van der Waals surface area contributed by atoms with Crippen molar-refractivity contribution in [1.29, 1.82) is 0 Å². The van der Waals surface area contributed by atoms with E-state index in [0.29, 0.717) is 12.8 Å². The van der Waals surface area contributed by atoms with Crippen molar-refractivity contribution < 1.29 is 15.0 Å². The van der Waals surface area contributed by atoms with Gasteiger partial charge >= 0.3 is 0 Å². The van der Waals surface area contributed by atoms with Gasteiger partial charge in [-0.05, 0) is 51.4 Å². The second-order valence-corrected chi connectivity index (χ2v) is 19.7. The lowest BCUT2D eigenvalue weighted by molar-refractivity contribution is -0.123. The molecule has 0 saturated heterocycles. The highest BCUT2D eigenvalue weighted by atomic mass is 16.3. The van der Waals surface area contributed by atoms with Gasteiger partial charge in [-0.25, -0.2) is 0 Å². The fourth-order valence-electron chi connectivity index (χ4n) is 9.00. The van der Waals surface area contributed by atoms with Gasteiger partial charge in [-0.1, -0.05) is 300 Å². The van der Waals surface area contributed by atoms with Crippen LogP contribution in [0.3, 0.4) is 0 Å². The van der Waals surface area contributed by atoms with Crippen LogP contribution < -0.4 is 5.32 Å². The predicted octanol–water partition coefficient (Wildman–Crippen LogP) is 19.0. The maximum atomic E-state index is 12.5. The number of hydrogen-bond donors (Lipinski definition) is 3. The first-order chi connectivity index (χ1) is 31.7. The van der Waals surface area contributed by atoms with Gasteiger partial charge in [0.1, 0.15) is 0 Å². The summed E-state index contributed by atoms with van der Waals surface area (Å²) in [5.74, 6) is -0.0260. The Morgan fingerprint density at radius 2 is 0.688 bits per heavy atom. The molecule has 0 aromatic heterocycles.